The van der Waals surface area contributed by atoms with Gasteiger partial charge in [0.05, 0.1) is 19.7 Å². The van der Waals surface area contributed by atoms with Crippen LogP contribution < -0.4 is 5.73 Å². The van der Waals surface area contributed by atoms with Crippen LogP contribution in [0.3, 0.4) is 0 Å². The third-order valence-electron chi connectivity index (χ3n) is 2.29. The number of hydrogen-bond acceptors (Lipinski definition) is 4. The molecule has 0 bridgehead atoms. The number of rotatable bonds is 3. The molecule has 0 aliphatic carbocycles. The van der Waals surface area contributed by atoms with E-state index in [9.17, 15) is 4.79 Å². The smallest absolute Gasteiger partial charge is 0.307 e. The van der Waals surface area contributed by atoms with Crippen molar-refractivity contribution in [2.75, 3.05) is 7.11 Å². The summed E-state index contributed by atoms with van der Waals surface area (Å²) in [6.07, 6.45) is 1.87. The molecule has 0 saturated heterocycles. The maximum Gasteiger partial charge on any atom is 0.307 e. The molecular formula is C9H15N3O2. The molecule has 0 amide bonds. The maximum atomic E-state index is 11.0. The molecule has 0 saturated carbocycles. The van der Waals surface area contributed by atoms with Crippen LogP contribution in [-0.2, 0) is 16.6 Å². The molecule has 0 fully saturated rings. The van der Waals surface area contributed by atoms with Crippen LogP contribution in [0.2, 0.25) is 0 Å². The van der Waals surface area contributed by atoms with Crippen LogP contribution in [0.5, 0.6) is 0 Å². The Morgan fingerprint density at radius 2 is 2.43 bits per heavy atom. The molecule has 1 heterocycles. The predicted molar refractivity (Wildman–Crippen MR) is 51.5 cm³/mol. The molecule has 1 atom stereocenters. The minimum Gasteiger partial charge on any atom is -0.469 e. The van der Waals surface area contributed by atoms with Crippen molar-refractivity contribution in [2.24, 2.45) is 12.8 Å². The van der Waals surface area contributed by atoms with E-state index in [2.05, 4.69) is 9.84 Å². The summed E-state index contributed by atoms with van der Waals surface area (Å²) >= 11 is 0. The Morgan fingerprint density at radius 1 is 1.79 bits per heavy atom. The van der Waals surface area contributed by atoms with Crippen LogP contribution >= 0.6 is 0 Å². The molecule has 0 radical (unpaired) electrons. The van der Waals surface area contributed by atoms with Gasteiger partial charge in [0.25, 0.3) is 0 Å². The van der Waals surface area contributed by atoms with Crippen LogP contribution in [0, 0.1) is 6.92 Å². The monoisotopic (exact) mass is 197 g/mol. The summed E-state index contributed by atoms with van der Waals surface area (Å²) in [4.78, 5) is 11.0. The van der Waals surface area contributed by atoms with E-state index < -0.39 is 0 Å². The van der Waals surface area contributed by atoms with Gasteiger partial charge in [-0.2, -0.15) is 5.10 Å². The second-order valence-electron chi connectivity index (χ2n) is 3.20. The van der Waals surface area contributed by atoms with Gasteiger partial charge >= 0.3 is 5.97 Å². The lowest BCUT2D eigenvalue weighted by atomic mass is 10.1. The molecule has 0 aliphatic rings. The van der Waals surface area contributed by atoms with E-state index in [-0.39, 0.29) is 18.4 Å². The summed E-state index contributed by atoms with van der Waals surface area (Å²) in [5.41, 5.74) is 7.69. The van der Waals surface area contributed by atoms with Gasteiger partial charge in [-0.05, 0) is 6.92 Å². The number of nitrogens with zero attached hydrogens (tertiary/aromatic N) is 2. The molecule has 5 heteroatoms. The number of carbonyl (C=O) groups is 1. The van der Waals surface area contributed by atoms with Gasteiger partial charge in [0.1, 0.15) is 0 Å². The SMILES string of the molecule is COC(=O)CC(N)c1cnn(C)c1C. The van der Waals surface area contributed by atoms with Gasteiger partial charge in [-0.1, -0.05) is 0 Å². The largest absolute Gasteiger partial charge is 0.469 e. The zero-order valence-corrected chi connectivity index (χ0v) is 8.65. The van der Waals surface area contributed by atoms with Crippen LogP contribution in [-0.4, -0.2) is 22.9 Å². The lowest BCUT2D eigenvalue weighted by Gasteiger charge is -2.09. The molecule has 1 rings (SSSR count). The molecule has 0 aromatic carbocycles. The second kappa shape index (κ2) is 4.23. The Hall–Kier alpha value is -1.36. The maximum absolute atomic E-state index is 11.0. The van der Waals surface area contributed by atoms with Crippen molar-refractivity contribution in [3.8, 4) is 0 Å². The zero-order chi connectivity index (χ0) is 10.7. The van der Waals surface area contributed by atoms with E-state index >= 15 is 0 Å². The zero-order valence-electron chi connectivity index (χ0n) is 8.65. The fourth-order valence-electron chi connectivity index (χ4n) is 1.25. The quantitative estimate of drug-likeness (QED) is 0.707. The van der Waals surface area contributed by atoms with Gasteiger partial charge < -0.3 is 10.5 Å². The molecule has 5 nitrogen and oxygen atoms in total. The molecule has 2 N–H and O–H groups in total. The number of methoxy groups -OCH3 is 1. The van der Waals surface area contributed by atoms with Gasteiger partial charge in [-0.25, -0.2) is 0 Å². The summed E-state index contributed by atoms with van der Waals surface area (Å²) in [6, 6.07) is -0.337. The predicted octanol–water partition coefficient (Wildman–Crippen LogP) is 0.291. The lowest BCUT2D eigenvalue weighted by Crippen LogP contribution is -2.16. The minimum absolute atomic E-state index is 0.184. The van der Waals surface area contributed by atoms with Gasteiger partial charge in [0.2, 0.25) is 0 Å². The van der Waals surface area contributed by atoms with E-state index in [1.807, 2.05) is 14.0 Å². The molecule has 78 valence electrons. The molecular weight excluding hydrogens is 182 g/mol. The number of aryl methyl sites for hydroxylation is 1. The first-order chi connectivity index (χ1) is 6.56. The number of nitrogens with two attached hydrogens (primary N) is 1. The molecule has 1 aromatic heterocycles. The van der Waals surface area contributed by atoms with Crippen LogP contribution in [0.15, 0.2) is 6.20 Å². The number of ether oxygens (including phenoxy) is 1. The molecule has 1 unspecified atom stereocenters. The number of esters is 1. The van der Waals surface area contributed by atoms with E-state index in [1.165, 1.54) is 7.11 Å². The van der Waals surface area contributed by atoms with Crippen molar-refractivity contribution in [3.63, 3.8) is 0 Å². The highest BCUT2D eigenvalue weighted by atomic mass is 16.5. The van der Waals surface area contributed by atoms with Crippen LogP contribution in [0.4, 0.5) is 0 Å². The molecule has 0 spiro atoms. The van der Waals surface area contributed by atoms with Crippen molar-refractivity contribution in [3.05, 3.63) is 17.5 Å². The number of carbonyl (C=O) groups excluding carboxylic acids is 1. The van der Waals surface area contributed by atoms with Gasteiger partial charge in [0.15, 0.2) is 0 Å². The van der Waals surface area contributed by atoms with Crippen molar-refractivity contribution in [1.82, 2.24) is 9.78 Å². The fourth-order valence-corrected chi connectivity index (χ4v) is 1.25. The topological polar surface area (TPSA) is 70.1 Å². The fraction of sp³-hybridized carbons (Fsp3) is 0.556. The van der Waals surface area contributed by atoms with E-state index in [0.29, 0.717) is 0 Å². The highest BCUT2D eigenvalue weighted by molar-refractivity contribution is 5.70. The Balaban J connectivity index is 2.74. The van der Waals surface area contributed by atoms with Gasteiger partial charge in [-0.3, -0.25) is 9.48 Å². The van der Waals surface area contributed by atoms with Crippen molar-refractivity contribution in [2.45, 2.75) is 19.4 Å². The highest BCUT2D eigenvalue weighted by Crippen LogP contribution is 2.17. The van der Waals surface area contributed by atoms with Crippen LogP contribution in [0.25, 0.3) is 0 Å². The summed E-state index contributed by atoms with van der Waals surface area (Å²) < 4.78 is 6.27. The summed E-state index contributed by atoms with van der Waals surface area (Å²) in [5, 5.41) is 4.05. The minimum atomic E-state index is -0.337. The Labute approximate surface area is 82.8 Å². The average Bonchev–Trinajstić information content (AvgIpc) is 2.47. The third kappa shape index (κ3) is 2.11. The first-order valence-corrected chi connectivity index (χ1v) is 4.37. The van der Waals surface area contributed by atoms with Crippen molar-refractivity contribution < 1.29 is 9.53 Å². The summed E-state index contributed by atoms with van der Waals surface area (Å²) in [6.45, 7) is 1.92. The lowest BCUT2D eigenvalue weighted by molar-refractivity contribution is -0.141. The van der Waals surface area contributed by atoms with Crippen molar-refractivity contribution in [1.29, 1.82) is 0 Å². The number of aromatic nitrogens is 2. The Kier molecular flexibility index (Phi) is 3.24. The number of hydrogen-bond donors (Lipinski definition) is 1. The third-order valence-corrected chi connectivity index (χ3v) is 2.29. The standard InChI is InChI=1S/C9H15N3O2/c1-6-7(5-11-12(6)2)8(10)4-9(13)14-3/h5,8H,4,10H2,1-3H3. The Bertz CT molecular complexity index is 333. The first kappa shape index (κ1) is 10.7. The Morgan fingerprint density at radius 3 is 2.86 bits per heavy atom. The summed E-state index contributed by atoms with van der Waals surface area (Å²) in [5.74, 6) is -0.305. The first-order valence-electron chi connectivity index (χ1n) is 4.37. The average molecular weight is 197 g/mol. The van der Waals surface area contributed by atoms with Gasteiger partial charge in [-0.15, -0.1) is 0 Å². The molecule has 14 heavy (non-hydrogen) atoms. The van der Waals surface area contributed by atoms with Crippen molar-refractivity contribution >= 4 is 5.97 Å². The highest BCUT2D eigenvalue weighted by Gasteiger charge is 2.16. The van der Waals surface area contributed by atoms with Crippen LogP contribution in [0.1, 0.15) is 23.7 Å². The van der Waals surface area contributed by atoms with E-state index in [1.54, 1.807) is 10.9 Å². The van der Waals surface area contributed by atoms with E-state index in [4.69, 9.17) is 5.73 Å². The van der Waals surface area contributed by atoms with Gasteiger partial charge in [0, 0.05) is 24.3 Å². The van der Waals surface area contributed by atoms with E-state index in [0.717, 1.165) is 11.3 Å². The normalized spacial score (nSPS) is 12.6. The molecule has 1 aromatic rings. The molecule has 0 aliphatic heterocycles. The second-order valence-corrected chi connectivity index (χ2v) is 3.20. The summed E-state index contributed by atoms with van der Waals surface area (Å²) in [7, 11) is 3.19.